The molecule has 0 radical (unpaired) electrons. The first-order chi connectivity index (χ1) is 9.40. The fourth-order valence-corrected chi connectivity index (χ4v) is 2.56. The van der Waals surface area contributed by atoms with Gasteiger partial charge in [-0.25, -0.2) is 4.98 Å². The van der Waals surface area contributed by atoms with E-state index < -0.39 is 10.8 Å². The van der Waals surface area contributed by atoms with Crippen LogP contribution in [-0.2, 0) is 0 Å². The van der Waals surface area contributed by atoms with Crippen LogP contribution in [0.5, 0.6) is 0 Å². The molecule has 1 fully saturated rings. The van der Waals surface area contributed by atoms with Crippen molar-refractivity contribution in [2.45, 2.75) is 32.7 Å². The lowest BCUT2D eigenvalue weighted by molar-refractivity contribution is -0.385. The maximum absolute atomic E-state index is 12.2. The first-order valence-electron chi connectivity index (χ1n) is 6.61. The summed E-state index contributed by atoms with van der Waals surface area (Å²) in [4.78, 5) is 26.0. The Balaban J connectivity index is 2.17. The van der Waals surface area contributed by atoms with E-state index in [-0.39, 0.29) is 23.1 Å². The third-order valence-electron chi connectivity index (χ3n) is 4.14. The van der Waals surface area contributed by atoms with Gasteiger partial charge in [-0.15, -0.1) is 0 Å². The second kappa shape index (κ2) is 5.44. The molecule has 3 unspecified atom stereocenters. The van der Waals surface area contributed by atoms with E-state index in [0.717, 1.165) is 19.0 Å². The smallest absolute Gasteiger partial charge is 0.288 e. The second-order valence-corrected chi connectivity index (χ2v) is 5.38. The van der Waals surface area contributed by atoms with Crippen molar-refractivity contribution in [1.82, 2.24) is 10.3 Å². The van der Waals surface area contributed by atoms with Crippen molar-refractivity contribution >= 4 is 17.4 Å². The second-order valence-electron chi connectivity index (χ2n) is 5.38. The molecule has 1 aliphatic rings. The molecule has 3 atom stereocenters. The van der Waals surface area contributed by atoms with Crippen LogP contribution in [0.3, 0.4) is 0 Å². The van der Waals surface area contributed by atoms with Gasteiger partial charge in [0.2, 0.25) is 0 Å². The number of pyridine rings is 1. The number of anilines is 1. The van der Waals surface area contributed by atoms with E-state index in [0.29, 0.717) is 11.8 Å². The molecular formula is C13H18N4O3. The topological polar surface area (TPSA) is 111 Å². The number of nitrogens with zero attached hydrogens (tertiary/aromatic N) is 2. The Hall–Kier alpha value is -2.18. The zero-order valence-electron chi connectivity index (χ0n) is 11.5. The van der Waals surface area contributed by atoms with Crippen molar-refractivity contribution in [2.24, 2.45) is 11.8 Å². The number of hydrogen-bond donors (Lipinski definition) is 2. The third-order valence-corrected chi connectivity index (χ3v) is 4.14. The Bertz CT molecular complexity index is 546. The molecule has 20 heavy (non-hydrogen) atoms. The van der Waals surface area contributed by atoms with Gasteiger partial charge in [-0.05, 0) is 24.7 Å². The van der Waals surface area contributed by atoms with Crippen LogP contribution in [0.25, 0.3) is 0 Å². The Morgan fingerprint density at radius 3 is 2.75 bits per heavy atom. The van der Waals surface area contributed by atoms with Gasteiger partial charge in [-0.2, -0.15) is 0 Å². The summed E-state index contributed by atoms with van der Waals surface area (Å²) in [6.07, 6.45) is 3.03. The van der Waals surface area contributed by atoms with E-state index in [1.807, 2.05) is 0 Å². The van der Waals surface area contributed by atoms with E-state index in [1.165, 1.54) is 6.07 Å². The molecule has 3 N–H and O–H groups in total. The molecule has 1 aromatic heterocycles. The van der Waals surface area contributed by atoms with E-state index in [9.17, 15) is 14.9 Å². The molecule has 0 aromatic carbocycles. The molecule has 108 valence electrons. The number of nitro groups is 1. The average molecular weight is 278 g/mol. The predicted molar refractivity (Wildman–Crippen MR) is 74.1 cm³/mol. The summed E-state index contributed by atoms with van der Waals surface area (Å²) < 4.78 is 0. The minimum atomic E-state index is -0.594. The van der Waals surface area contributed by atoms with Crippen LogP contribution in [0.4, 0.5) is 11.5 Å². The minimum absolute atomic E-state index is 0.00629. The lowest BCUT2D eigenvalue weighted by atomic mass is 9.97. The number of carbonyl (C=O) groups is 1. The van der Waals surface area contributed by atoms with Gasteiger partial charge < -0.3 is 11.1 Å². The van der Waals surface area contributed by atoms with E-state index >= 15 is 0 Å². The van der Waals surface area contributed by atoms with Crippen LogP contribution in [-0.4, -0.2) is 21.9 Å². The van der Waals surface area contributed by atoms with Gasteiger partial charge in [0.25, 0.3) is 11.6 Å². The van der Waals surface area contributed by atoms with Crippen LogP contribution in [0.2, 0.25) is 0 Å². The first kappa shape index (κ1) is 14.2. The molecule has 7 heteroatoms. The monoisotopic (exact) mass is 278 g/mol. The normalized spacial score (nSPS) is 25.4. The molecular weight excluding hydrogens is 260 g/mol. The molecule has 0 bridgehead atoms. The Kier molecular flexibility index (Phi) is 3.87. The number of carbonyl (C=O) groups excluding carboxylic acids is 1. The fraction of sp³-hybridized carbons (Fsp3) is 0.538. The minimum Gasteiger partial charge on any atom is -0.383 e. The first-order valence-corrected chi connectivity index (χ1v) is 6.61. The number of nitrogens with one attached hydrogen (secondary N) is 1. The fourth-order valence-electron chi connectivity index (χ4n) is 2.56. The van der Waals surface area contributed by atoms with Crippen LogP contribution in [0, 0.1) is 22.0 Å². The van der Waals surface area contributed by atoms with Crippen LogP contribution in [0.15, 0.2) is 12.3 Å². The summed E-state index contributed by atoms with van der Waals surface area (Å²) >= 11 is 0. The maximum atomic E-state index is 12.2. The zero-order chi connectivity index (χ0) is 14.9. The van der Waals surface area contributed by atoms with Crippen LogP contribution in [0.1, 0.15) is 37.0 Å². The lowest BCUT2D eigenvalue weighted by Crippen LogP contribution is -2.37. The standard InChI is InChI=1S/C13H18N4O3/c1-7-3-4-11(8(7)2)16-13(18)10-5-9(17(19)20)6-15-12(10)14/h5-8,11H,3-4H2,1-2H3,(H2,14,15)(H,16,18). The van der Waals surface area contributed by atoms with E-state index in [2.05, 4.69) is 24.1 Å². The highest BCUT2D eigenvalue weighted by atomic mass is 16.6. The summed E-state index contributed by atoms with van der Waals surface area (Å²) in [7, 11) is 0. The van der Waals surface area contributed by atoms with Gasteiger partial charge in [0.05, 0.1) is 10.5 Å². The van der Waals surface area contributed by atoms with Crippen LogP contribution < -0.4 is 11.1 Å². The largest absolute Gasteiger partial charge is 0.383 e. The molecule has 0 saturated heterocycles. The third kappa shape index (κ3) is 2.71. The number of nitrogen functional groups attached to an aromatic ring is 1. The summed E-state index contributed by atoms with van der Waals surface area (Å²) in [5.41, 5.74) is 5.45. The molecule has 7 nitrogen and oxygen atoms in total. The van der Waals surface area contributed by atoms with Gasteiger partial charge in [-0.3, -0.25) is 14.9 Å². The SMILES string of the molecule is CC1CCC(NC(=O)c2cc([N+](=O)[O-])cnc2N)C1C. The summed E-state index contributed by atoms with van der Waals surface area (Å²) in [5.74, 6) is 0.546. The number of hydrogen-bond acceptors (Lipinski definition) is 5. The molecule has 1 saturated carbocycles. The predicted octanol–water partition coefficient (Wildman–Crippen LogP) is 1.74. The van der Waals surface area contributed by atoms with Crippen molar-refractivity contribution in [3.8, 4) is 0 Å². The molecule has 0 spiro atoms. The maximum Gasteiger partial charge on any atom is 0.288 e. The summed E-state index contributed by atoms with van der Waals surface area (Å²) in [5, 5.41) is 13.6. The van der Waals surface area contributed by atoms with Gasteiger partial charge in [-0.1, -0.05) is 13.8 Å². The molecule has 1 aromatic rings. The number of amides is 1. The van der Waals surface area contributed by atoms with Crippen molar-refractivity contribution in [2.75, 3.05) is 5.73 Å². The molecule has 1 heterocycles. The van der Waals surface area contributed by atoms with E-state index in [4.69, 9.17) is 5.73 Å². The van der Waals surface area contributed by atoms with Crippen molar-refractivity contribution in [1.29, 1.82) is 0 Å². The summed E-state index contributed by atoms with van der Waals surface area (Å²) in [6.45, 7) is 4.25. The Morgan fingerprint density at radius 1 is 1.50 bits per heavy atom. The number of aromatic nitrogens is 1. The molecule has 1 amide bonds. The highest BCUT2D eigenvalue weighted by Gasteiger charge is 2.31. The zero-order valence-corrected chi connectivity index (χ0v) is 11.5. The number of nitrogens with two attached hydrogens (primary N) is 1. The lowest BCUT2D eigenvalue weighted by Gasteiger charge is -2.19. The summed E-state index contributed by atoms with van der Waals surface area (Å²) in [6, 6.07) is 1.25. The highest BCUT2D eigenvalue weighted by Crippen LogP contribution is 2.31. The van der Waals surface area contributed by atoms with Crippen molar-refractivity contribution < 1.29 is 9.72 Å². The Labute approximate surface area is 116 Å². The van der Waals surface area contributed by atoms with Gasteiger partial charge in [0.15, 0.2) is 0 Å². The van der Waals surface area contributed by atoms with E-state index in [1.54, 1.807) is 0 Å². The van der Waals surface area contributed by atoms with Gasteiger partial charge in [0, 0.05) is 12.1 Å². The van der Waals surface area contributed by atoms with Crippen molar-refractivity contribution in [3.63, 3.8) is 0 Å². The van der Waals surface area contributed by atoms with Crippen LogP contribution >= 0.6 is 0 Å². The van der Waals surface area contributed by atoms with Gasteiger partial charge >= 0.3 is 0 Å². The molecule has 1 aliphatic carbocycles. The molecule has 0 aliphatic heterocycles. The Morgan fingerprint density at radius 2 is 2.20 bits per heavy atom. The number of rotatable bonds is 3. The average Bonchev–Trinajstić information content (AvgIpc) is 2.71. The van der Waals surface area contributed by atoms with Gasteiger partial charge in [0.1, 0.15) is 12.0 Å². The highest BCUT2D eigenvalue weighted by molar-refractivity contribution is 5.99. The quantitative estimate of drug-likeness (QED) is 0.646. The van der Waals surface area contributed by atoms with Crippen molar-refractivity contribution in [3.05, 3.63) is 27.9 Å². The molecule has 2 rings (SSSR count).